The van der Waals surface area contributed by atoms with Gasteiger partial charge in [0.2, 0.25) is 0 Å². The molecule has 3 aromatic carbocycles. The molecule has 0 aromatic heterocycles. The zero-order chi connectivity index (χ0) is 19.2. The molecule has 2 atom stereocenters. The zero-order valence-corrected chi connectivity index (χ0v) is 15.9. The molecule has 2 heteroatoms. The maximum Gasteiger partial charge on any atom is 0.0662 e. The Labute approximate surface area is 166 Å². The third-order valence-corrected chi connectivity index (χ3v) is 5.23. The molecule has 140 valence electrons. The minimum absolute atomic E-state index is 0.0369. The van der Waals surface area contributed by atoms with Gasteiger partial charge in [-0.05, 0) is 40.5 Å². The van der Waals surface area contributed by atoms with E-state index in [1.807, 2.05) is 24.3 Å². The molecule has 0 fully saturated rings. The van der Waals surface area contributed by atoms with Crippen molar-refractivity contribution in [1.29, 1.82) is 0 Å². The van der Waals surface area contributed by atoms with Gasteiger partial charge in [-0.25, -0.2) is 0 Å². The first-order valence-electron chi connectivity index (χ1n) is 9.78. The van der Waals surface area contributed by atoms with Crippen LogP contribution in [0.5, 0.6) is 0 Å². The highest BCUT2D eigenvalue weighted by atomic mass is 16.3. The lowest BCUT2D eigenvalue weighted by molar-refractivity contribution is 0.155. The van der Waals surface area contributed by atoms with Gasteiger partial charge in [0.1, 0.15) is 0 Å². The van der Waals surface area contributed by atoms with Crippen molar-refractivity contribution in [2.45, 2.75) is 18.5 Å². The van der Waals surface area contributed by atoms with Crippen LogP contribution in [0.4, 0.5) is 0 Å². The SMILES string of the molecule is OCC(Cc1ccccc1)N1C=CC=C[C@H]1C=Cc1ccc2ccccc2c1. The Morgan fingerprint density at radius 3 is 2.50 bits per heavy atom. The molecule has 0 spiro atoms. The van der Waals surface area contributed by atoms with E-state index in [4.69, 9.17) is 0 Å². The second kappa shape index (κ2) is 8.73. The van der Waals surface area contributed by atoms with Crippen LogP contribution in [-0.4, -0.2) is 28.7 Å². The highest BCUT2D eigenvalue weighted by Crippen LogP contribution is 2.20. The van der Waals surface area contributed by atoms with Crippen LogP contribution in [0.2, 0.25) is 0 Å². The van der Waals surface area contributed by atoms with Crippen molar-refractivity contribution >= 4 is 16.8 Å². The number of allylic oxidation sites excluding steroid dienone is 2. The first kappa shape index (κ1) is 18.3. The summed E-state index contributed by atoms with van der Waals surface area (Å²) in [4.78, 5) is 2.24. The van der Waals surface area contributed by atoms with Crippen LogP contribution in [0.15, 0.2) is 103 Å². The van der Waals surface area contributed by atoms with Crippen molar-refractivity contribution in [1.82, 2.24) is 4.90 Å². The summed E-state index contributed by atoms with van der Waals surface area (Å²) in [5.41, 5.74) is 2.42. The van der Waals surface area contributed by atoms with E-state index < -0.39 is 0 Å². The molecule has 0 bridgehead atoms. The second-order valence-corrected chi connectivity index (χ2v) is 7.16. The number of aliphatic hydroxyl groups excluding tert-OH is 1. The Kier molecular flexibility index (Phi) is 5.69. The fourth-order valence-corrected chi connectivity index (χ4v) is 3.73. The Morgan fingerprint density at radius 2 is 1.68 bits per heavy atom. The number of hydrogen-bond acceptors (Lipinski definition) is 2. The lowest BCUT2D eigenvalue weighted by Crippen LogP contribution is -2.42. The van der Waals surface area contributed by atoms with E-state index in [-0.39, 0.29) is 18.7 Å². The molecule has 1 heterocycles. The van der Waals surface area contributed by atoms with Gasteiger partial charge in [-0.3, -0.25) is 0 Å². The Bertz CT molecular complexity index is 1000. The fourth-order valence-electron chi connectivity index (χ4n) is 3.73. The predicted molar refractivity (Wildman–Crippen MR) is 118 cm³/mol. The summed E-state index contributed by atoms with van der Waals surface area (Å²) < 4.78 is 0. The van der Waals surface area contributed by atoms with Crippen LogP contribution in [0.1, 0.15) is 11.1 Å². The zero-order valence-electron chi connectivity index (χ0n) is 15.9. The molecule has 2 nitrogen and oxygen atoms in total. The minimum Gasteiger partial charge on any atom is -0.394 e. The van der Waals surface area contributed by atoms with Gasteiger partial charge in [-0.15, -0.1) is 0 Å². The molecule has 3 aromatic rings. The minimum atomic E-state index is 0.0369. The summed E-state index contributed by atoms with van der Waals surface area (Å²) in [6.45, 7) is 0.118. The average Bonchev–Trinajstić information content (AvgIpc) is 2.77. The van der Waals surface area contributed by atoms with Gasteiger partial charge in [-0.2, -0.15) is 0 Å². The first-order chi connectivity index (χ1) is 13.8. The van der Waals surface area contributed by atoms with Crippen molar-refractivity contribution in [3.05, 3.63) is 114 Å². The van der Waals surface area contributed by atoms with Crippen LogP contribution in [0.25, 0.3) is 16.8 Å². The third-order valence-electron chi connectivity index (χ3n) is 5.23. The number of hydrogen-bond donors (Lipinski definition) is 1. The second-order valence-electron chi connectivity index (χ2n) is 7.16. The molecule has 1 unspecified atom stereocenters. The summed E-state index contributed by atoms with van der Waals surface area (Å²) in [6.07, 6.45) is 13.6. The third kappa shape index (κ3) is 4.24. The molecule has 0 radical (unpaired) electrons. The van der Waals surface area contributed by atoms with Gasteiger partial charge < -0.3 is 10.0 Å². The van der Waals surface area contributed by atoms with E-state index in [2.05, 4.69) is 90.0 Å². The maximum absolute atomic E-state index is 10.0. The van der Waals surface area contributed by atoms with Crippen LogP contribution in [0, 0.1) is 0 Å². The van der Waals surface area contributed by atoms with Gasteiger partial charge >= 0.3 is 0 Å². The van der Waals surface area contributed by atoms with Gasteiger partial charge in [0.05, 0.1) is 18.7 Å². The molecular formula is C26H25NO. The van der Waals surface area contributed by atoms with Gasteiger partial charge in [0, 0.05) is 6.20 Å². The maximum atomic E-state index is 10.0. The standard InChI is InChI=1S/C26H25NO/c28-20-26(19-21-8-2-1-3-9-21)27-17-7-6-12-25(27)16-14-22-13-15-23-10-4-5-11-24(23)18-22/h1-18,25-26,28H,19-20H2/t25-,26?/m0/s1. The first-order valence-corrected chi connectivity index (χ1v) is 9.78. The smallest absolute Gasteiger partial charge is 0.0662 e. The van der Waals surface area contributed by atoms with Crippen LogP contribution in [0.3, 0.4) is 0 Å². The van der Waals surface area contributed by atoms with E-state index in [0.29, 0.717) is 0 Å². The topological polar surface area (TPSA) is 23.5 Å². The average molecular weight is 367 g/mol. The molecule has 1 N–H and O–H groups in total. The number of nitrogens with zero attached hydrogens (tertiary/aromatic N) is 1. The Morgan fingerprint density at radius 1 is 0.893 bits per heavy atom. The van der Waals surface area contributed by atoms with Gasteiger partial charge in [0.15, 0.2) is 0 Å². The highest BCUT2D eigenvalue weighted by molar-refractivity contribution is 5.84. The number of rotatable bonds is 6. The molecular weight excluding hydrogens is 342 g/mol. The molecule has 0 saturated heterocycles. The molecule has 28 heavy (non-hydrogen) atoms. The van der Waals surface area contributed by atoms with Crippen molar-refractivity contribution in [3.63, 3.8) is 0 Å². The number of aliphatic hydroxyl groups is 1. The Balaban J connectivity index is 1.53. The summed E-state index contributed by atoms with van der Waals surface area (Å²) in [5, 5.41) is 12.5. The van der Waals surface area contributed by atoms with E-state index in [9.17, 15) is 5.11 Å². The molecule has 0 amide bonds. The van der Waals surface area contributed by atoms with E-state index in [1.165, 1.54) is 21.9 Å². The largest absolute Gasteiger partial charge is 0.394 e. The van der Waals surface area contributed by atoms with Gasteiger partial charge in [0.25, 0.3) is 0 Å². The number of benzene rings is 3. The van der Waals surface area contributed by atoms with Crippen molar-refractivity contribution in [2.24, 2.45) is 0 Å². The monoisotopic (exact) mass is 367 g/mol. The summed E-state index contributed by atoms with van der Waals surface area (Å²) in [7, 11) is 0. The summed E-state index contributed by atoms with van der Waals surface area (Å²) in [6, 6.07) is 25.5. The van der Waals surface area contributed by atoms with E-state index in [1.54, 1.807) is 0 Å². The van der Waals surface area contributed by atoms with Crippen LogP contribution in [-0.2, 0) is 6.42 Å². The molecule has 4 rings (SSSR count). The molecule has 0 saturated carbocycles. The van der Waals surface area contributed by atoms with E-state index >= 15 is 0 Å². The van der Waals surface area contributed by atoms with Crippen LogP contribution >= 0.6 is 0 Å². The fraction of sp³-hybridized carbons (Fsp3) is 0.154. The molecule has 1 aliphatic heterocycles. The van der Waals surface area contributed by atoms with Crippen molar-refractivity contribution in [2.75, 3.05) is 6.61 Å². The molecule has 0 aliphatic carbocycles. The molecule has 1 aliphatic rings. The van der Waals surface area contributed by atoms with Crippen molar-refractivity contribution < 1.29 is 5.11 Å². The normalized spacial score (nSPS) is 17.5. The summed E-state index contributed by atoms with van der Waals surface area (Å²) >= 11 is 0. The predicted octanol–water partition coefficient (Wildman–Crippen LogP) is 5.21. The lowest BCUT2D eigenvalue weighted by atomic mass is 10.0. The highest BCUT2D eigenvalue weighted by Gasteiger charge is 2.21. The van der Waals surface area contributed by atoms with Crippen molar-refractivity contribution in [3.8, 4) is 0 Å². The van der Waals surface area contributed by atoms with E-state index in [0.717, 1.165) is 6.42 Å². The lowest BCUT2D eigenvalue weighted by Gasteiger charge is -2.35. The van der Waals surface area contributed by atoms with Crippen LogP contribution < -0.4 is 0 Å². The summed E-state index contributed by atoms with van der Waals surface area (Å²) in [5.74, 6) is 0. The number of fused-ring (bicyclic) bond motifs is 1. The Hall–Kier alpha value is -3.10. The quantitative estimate of drug-likeness (QED) is 0.646. The van der Waals surface area contributed by atoms with Gasteiger partial charge in [-0.1, -0.05) is 91.0 Å².